The zero-order chi connectivity index (χ0) is 5.98. The number of hydrogen-bond acceptors (Lipinski definition) is 2. The quantitative estimate of drug-likeness (QED) is 0.705. The average Bonchev–Trinajstić information content (AvgIpc) is 1.77. The molecular weight excluding hydrogens is 299 g/mol. The van der Waals surface area contributed by atoms with Gasteiger partial charge in [0, 0.05) is 21.1 Å². The minimum atomic E-state index is 0. The molecule has 1 aromatic carbocycles. The zero-order valence-corrected chi connectivity index (χ0v) is 6.79. The van der Waals surface area contributed by atoms with Crippen molar-refractivity contribution in [3.8, 4) is 11.5 Å². The first kappa shape index (κ1) is 8.51. The van der Waals surface area contributed by atoms with E-state index in [1.807, 2.05) is 0 Å². The first-order chi connectivity index (χ1) is 3.79. The van der Waals surface area contributed by atoms with Crippen LogP contribution in [-0.2, 0) is 21.1 Å². The SMILES string of the molecule is Oc1ccc(O)cc1.[Pt]. The summed E-state index contributed by atoms with van der Waals surface area (Å²) in [5, 5.41) is 17.3. The van der Waals surface area contributed by atoms with Crippen LogP contribution in [0.3, 0.4) is 0 Å². The molecule has 0 unspecified atom stereocenters. The molecule has 0 bridgehead atoms. The second-order valence-corrected chi connectivity index (χ2v) is 1.52. The maximum atomic E-state index is 8.65. The van der Waals surface area contributed by atoms with E-state index in [0.29, 0.717) is 0 Å². The Balaban J connectivity index is 0.000000640. The zero-order valence-electron chi connectivity index (χ0n) is 4.52. The van der Waals surface area contributed by atoms with Gasteiger partial charge >= 0.3 is 0 Å². The van der Waals surface area contributed by atoms with Gasteiger partial charge in [0.05, 0.1) is 0 Å². The van der Waals surface area contributed by atoms with Gasteiger partial charge in [-0.05, 0) is 24.3 Å². The van der Waals surface area contributed by atoms with Crippen molar-refractivity contribution in [2.24, 2.45) is 0 Å². The number of benzene rings is 1. The van der Waals surface area contributed by atoms with Crippen molar-refractivity contribution in [3.05, 3.63) is 24.3 Å². The molecule has 0 atom stereocenters. The van der Waals surface area contributed by atoms with Crippen LogP contribution in [0, 0.1) is 0 Å². The van der Waals surface area contributed by atoms with Crippen molar-refractivity contribution in [2.75, 3.05) is 0 Å². The van der Waals surface area contributed by atoms with Gasteiger partial charge in [-0.2, -0.15) is 0 Å². The van der Waals surface area contributed by atoms with Gasteiger partial charge in [0.1, 0.15) is 11.5 Å². The van der Waals surface area contributed by atoms with Gasteiger partial charge in [-0.1, -0.05) is 0 Å². The number of phenols is 2. The first-order valence-corrected chi connectivity index (χ1v) is 2.27. The Labute approximate surface area is 67.4 Å². The normalized spacial score (nSPS) is 8.00. The fourth-order valence-electron chi connectivity index (χ4n) is 0.453. The molecule has 0 fully saturated rings. The Morgan fingerprint density at radius 2 is 1.00 bits per heavy atom. The minimum Gasteiger partial charge on any atom is -0.508 e. The number of rotatable bonds is 0. The van der Waals surface area contributed by atoms with Crippen LogP contribution in [0.2, 0.25) is 0 Å². The van der Waals surface area contributed by atoms with Gasteiger partial charge in [0.2, 0.25) is 0 Å². The predicted molar refractivity (Wildman–Crippen MR) is 29.8 cm³/mol. The van der Waals surface area contributed by atoms with Crippen LogP contribution in [0.15, 0.2) is 24.3 Å². The third-order valence-corrected chi connectivity index (χ3v) is 0.850. The first-order valence-electron chi connectivity index (χ1n) is 2.27. The summed E-state index contributed by atoms with van der Waals surface area (Å²) in [6.45, 7) is 0. The van der Waals surface area contributed by atoms with Gasteiger partial charge in [-0.15, -0.1) is 0 Å². The van der Waals surface area contributed by atoms with Gasteiger partial charge in [0.25, 0.3) is 0 Å². The van der Waals surface area contributed by atoms with E-state index in [0.717, 1.165) is 0 Å². The Bertz CT molecular complexity index is 150. The largest absolute Gasteiger partial charge is 0.508 e. The second kappa shape index (κ2) is 3.52. The molecule has 0 heterocycles. The molecule has 1 rings (SSSR count). The van der Waals surface area contributed by atoms with Gasteiger partial charge < -0.3 is 10.2 Å². The number of aromatic hydroxyl groups is 2. The van der Waals surface area contributed by atoms with Crippen LogP contribution < -0.4 is 0 Å². The van der Waals surface area contributed by atoms with Crippen LogP contribution in [0.1, 0.15) is 0 Å². The van der Waals surface area contributed by atoms with E-state index in [-0.39, 0.29) is 32.6 Å². The smallest absolute Gasteiger partial charge is 0.115 e. The van der Waals surface area contributed by atoms with Crippen molar-refractivity contribution in [3.63, 3.8) is 0 Å². The van der Waals surface area contributed by atoms with E-state index in [1.165, 1.54) is 24.3 Å². The maximum Gasteiger partial charge on any atom is 0.115 e. The molecule has 0 radical (unpaired) electrons. The standard InChI is InChI=1S/C6H6O2.Pt/c7-5-1-2-6(8)4-3-5;/h1-4,7-8H;. The van der Waals surface area contributed by atoms with Crippen LogP contribution in [-0.4, -0.2) is 10.2 Å². The third kappa shape index (κ3) is 2.52. The summed E-state index contributed by atoms with van der Waals surface area (Å²) in [7, 11) is 0. The molecule has 1 aromatic rings. The molecule has 3 heteroatoms. The monoisotopic (exact) mass is 305 g/mol. The second-order valence-electron chi connectivity index (χ2n) is 1.52. The summed E-state index contributed by atoms with van der Waals surface area (Å²) in [4.78, 5) is 0. The Hall–Kier alpha value is -0.492. The third-order valence-electron chi connectivity index (χ3n) is 0.850. The number of phenolic OH excluding ortho intramolecular Hbond substituents is 2. The summed E-state index contributed by atoms with van der Waals surface area (Å²) < 4.78 is 0. The molecule has 2 nitrogen and oxygen atoms in total. The molecule has 0 aliphatic rings. The molecular formula is C6H6O2Pt. The Kier molecular flexibility index (Phi) is 3.33. The van der Waals surface area contributed by atoms with E-state index >= 15 is 0 Å². The van der Waals surface area contributed by atoms with Crippen molar-refractivity contribution in [2.45, 2.75) is 0 Å². The molecule has 0 saturated heterocycles. The molecule has 0 aromatic heterocycles. The van der Waals surface area contributed by atoms with Crippen LogP contribution in [0.25, 0.3) is 0 Å². The van der Waals surface area contributed by atoms with Crippen molar-refractivity contribution in [1.29, 1.82) is 0 Å². The fourth-order valence-corrected chi connectivity index (χ4v) is 0.453. The summed E-state index contributed by atoms with van der Waals surface area (Å²) in [5.41, 5.74) is 0. The molecule has 0 spiro atoms. The summed E-state index contributed by atoms with van der Waals surface area (Å²) in [5.74, 6) is 0.339. The van der Waals surface area contributed by atoms with Crippen LogP contribution in [0.5, 0.6) is 11.5 Å². The van der Waals surface area contributed by atoms with Crippen LogP contribution >= 0.6 is 0 Å². The molecule has 52 valence electrons. The summed E-state index contributed by atoms with van der Waals surface area (Å²) in [6.07, 6.45) is 0. The number of hydrogen-bond donors (Lipinski definition) is 2. The average molecular weight is 305 g/mol. The van der Waals surface area contributed by atoms with Crippen molar-refractivity contribution < 1.29 is 31.3 Å². The summed E-state index contributed by atoms with van der Waals surface area (Å²) in [6, 6.07) is 5.70. The molecule has 9 heavy (non-hydrogen) atoms. The van der Waals surface area contributed by atoms with E-state index in [9.17, 15) is 0 Å². The van der Waals surface area contributed by atoms with E-state index in [2.05, 4.69) is 0 Å². The maximum absolute atomic E-state index is 8.65. The minimum absolute atomic E-state index is 0. The van der Waals surface area contributed by atoms with Gasteiger partial charge in [-0.25, -0.2) is 0 Å². The molecule has 2 N–H and O–H groups in total. The summed E-state index contributed by atoms with van der Waals surface area (Å²) >= 11 is 0. The Morgan fingerprint density at radius 3 is 1.22 bits per heavy atom. The molecule has 0 aliphatic heterocycles. The van der Waals surface area contributed by atoms with Gasteiger partial charge in [0.15, 0.2) is 0 Å². The fraction of sp³-hybridized carbons (Fsp3) is 0. The van der Waals surface area contributed by atoms with E-state index in [1.54, 1.807) is 0 Å². The molecule has 0 saturated carbocycles. The van der Waals surface area contributed by atoms with Crippen molar-refractivity contribution in [1.82, 2.24) is 0 Å². The van der Waals surface area contributed by atoms with Gasteiger partial charge in [-0.3, -0.25) is 0 Å². The molecule has 0 amide bonds. The predicted octanol–water partition coefficient (Wildman–Crippen LogP) is 1.10. The van der Waals surface area contributed by atoms with E-state index in [4.69, 9.17) is 10.2 Å². The Morgan fingerprint density at radius 1 is 0.778 bits per heavy atom. The topological polar surface area (TPSA) is 40.5 Å². The molecule has 0 aliphatic carbocycles. The van der Waals surface area contributed by atoms with Crippen molar-refractivity contribution >= 4 is 0 Å². The van der Waals surface area contributed by atoms with E-state index < -0.39 is 0 Å². The van der Waals surface area contributed by atoms with Crippen LogP contribution in [0.4, 0.5) is 0 Å².